The number of para-hydroxylation sites is 1. The van der Waals surface area contributed by atoms with Gasteiger partial charge in [-0.15, -0.1) is 0 Å². The average molecular weight is 249 g/mol. The zero-order valence-electron chi connectivity index (χ0n) is 14.0. The third-order valence-electron chi connectivity index (χ3n) is 3.15. The van der Waals surface area contributed by atoms with Gasteiger partial charge in [0.05, 0.1) is 16.2 Å². The molecule has 0 radical (unpaired) electrons. The zero-order valence-corrected chi connectivity index (χ0v) is 10.0. The lowest BCUT2D eigenvalue weighted by molar-refractivity contribution is -0.139. The fraction of sp³-hybridized carbons (Fsp3) is 0.385. The van der Waals surface area contributed by atoms with Gasteiger partial charge in [0.15, 0.2) is 1.41 Å². The number of nitrogens with one attached hydrogen (secondary N) is 1. The molecule has 1 fully saturated rings. The highest BCUT2D eigenvalue weighted by molar-refractivity contribution is 6.04. The van der Waals surface area contributed by atoms with E-state index in [1.165, 1.54) is 26.1 Å². The van der Waals surface area contributed by atoms with Gasteiger partial charge >= 0.3 is 0 Å². The third-order valence-corrected chi connectivity index (χ3v) is 3.15. The summed E-state index contributed by atoms with van der Waals surface area (Å²) in [5.41, 5.74) is 0.331. The number of benzene rings is 1. The highest BCUT2D eigenvalue weighted by Crippen LogP contribution is 2.29. The van der Waals surface area contributed by atoms with Gasteiger partial charge in [-0.3, -0.25) is 9.59 Å². The number of rotatable bonds is 0. The summed E-state index contributed by atoms with van der Waals surface area (Å²) < 4.78 is 33.1. The van der Waals surface area contributed by atoms with Crippen LogP contribution in [0.2, 0.25) is 1.41 Å². The second-order valence-electron chi connectivity index (χ2n) is 4.31. The van der Waals surface area contributed by atoms with Gasteiger partial charge in [0.1, 0.15) is 12.2 Å². The van der Waals surface area contributed by atoms with Gasteiger partial charge in [0, 0.05) is 12.7 Å². The number of hydrogen-bond donors (Lipinski definition) is 1. The maximum Gasteiger partial charge on any atom is 0.258 e. The van der Waals surface area contributed by atoms with Crippen molar-refractivity contribution in [1.82, 2.24) is 9.80 Å². The molecule has 0 spiro atoms. The van der Waals surface area contributed by atoms with Crippen LogP contribution in [0.5, 0.6) is 0 Å². The predicted molar refractivity (Wildman–Crippen MR) is 67.1 cm³/mol. The van der Waals surface area contributed by atoms with Gasteiger partial charge in [-0.25, -0.2) is 0 Å². The predicted octanol–water partition coefficient (Wildman–Crippen LogP) is 0.741. The molecular formula is C13H15N3O2. The molecule has 94 valence electrons. The molecule has 1 aromatic rings. The first-order valence-corrected chi connectivity index (χ1v) is 5.65. The van der Waals surface area contributed by atoms with Crippen LogP contribution in [0.3, 0.4) is 0 Å². The van der Waals surface area contributed by atoms with E-state index in [1.54, 1.807) is 12.1 Å². The molecule has 0 saturated carbocycles. The Hall–Kier alpha value is -2.04. The Labute approximate surface area is 111 Å². The highest BCUT2D eigenvalue weighted by atomic mass is 16.2. The van der Waals surface area contributed by atoms with E-state index in [2.05, 4.69) is 0 Å². The van der Waals surface area contributed by atoms with Crippen molar-refractivity contribution >= 4 is 17.5 Å². The number of fused-ring (bicyclic) bond motifs is 2. The van der Waals surface area contributed by atoms with Crippen LogP contribution in [0.4, 0.5) is 5.69 Å². The number of likely N-dealkylation sites (N-methyl/N-ethyl adjacent to an activating group) is 1. The van der Waals surface area contributed by atoms with Crippen molar-refractivity contribution in [2.45, 2.75) is 19.1 Å². The first-order chi connectivity index (χ1) is 10.2. The average Bonchev–Trinajstić information content (AvgIpc) is 2.49. The van der Waals surface area contributed by atoms with Gasteiger partial charge < -0.3 is 15.1 Å². The molecule has 1 aromatic carbocycles. The minimum absolute atomic E-state index is 0.151. The molecular weight excluding hydrogens is 230 g/mol. The first-order valence-electron chi connectivity index (χ1n) is 7.60. The molecule has 5 heteroatoms. The SMILES string of the molecule is [2H]N1c2ccccc2C(=O)N2[C@@H](C)C(=O)N(C)C([2H])([2H])[C@@]12[2H]. The maximum absolute atomic E-state index is 12.7. The zero-order chi connectivity index (χ0) is 16.4. The Balaban J connectivity index is 2.30. The van der Waals surface area contributed by atoms with E-state index >= 15 is 0 Å². The summed E-state index contributed by atoms with van der Waals surface area (Å²) in [7, 11) is 1.24. The van der Waals surface area contributed by atoms with E-state index < -0.39 is 30.5 Å². The van der Waals surface area contributed by atoms with E-state index in [-0.39, 0.29) is 11.3 Å². The highest BCUT2D eigenvalue weighted by Gasteiger charge is 2.42. The molecule has 2 aliphatic heterocycles. The third kappa shape index (κ3) is 1.40. The van der Waals surface area contributed by atoms with E-state index in [4.69, 9.17) is 5.52 Å². The standard InChI is InChI=1S/C13H15N3O2/c1-8-12(17)15(2)7-11-14-10-6-4-3-5-9(10)13(18)16(8)11/h3-6,8,11,14H,7H2,1-2H3/t8-,11-/m0/s1/i7D2,11D/hD. The monoisotopic (exact) mass is 249 g/mol. The molecule has 0 unspecified atom stereocenters. The lowest BCUT2D eigenvalue weighted by Crippen LogP contribution is -2.65. The first kappa shape index (κ1) is 7.41. The Morgan fingerprint density at radius 1 is 1.50 bits per heavy atom. The molecule has 0 aromatic heterocycles. The summed E-state index contributed by atoms with van der Waals surface area (Å²) in [5.74, 6) is -1.22. The number of anilines is 1. The molecule has 1 saturated heterocycles. The second kappa shape index (κ2) is 3.73. The number of carbonyl (C=O) groups excluding carboxylic acids is 2. The van der Waals surface area contributed by atoms with E-state index in [0.29, 0.717) is 5.31 Å². The summed E-state index contributed by atoms with van der Waals surface area (Å²) in [6.07, 6.45) is -2.36. The molecule has 0 aliphatic carbocycles. The molecule has 2 atom stereocenters. The van der Waals surface area contributed by atoms with Crippen molar-refractivity contribution in [1.29, 1.82) is 0 Å². The number of hydrogen-bond acceptors (Lipinski definition) is 3. The quantitative estimate of drug-likeness (QED) is 0.738. The van der Waals surface area contributed by atoms with Crippen LogP contribution in [0, 0.1) is 0 Å². The molecule has 18 heavy (non-hydrogen) atoms. The van der Waals surface area contributed by atoms with Crippen molar-refractivity contribution in [3.05, 3.63) is 29.8 Å². The molecule has 3 rings (SSSR count). The molecule has 5 nitrogen and oxygen atoms in total. The fourth-order valence-electron chi connectivity index (χ4n) is 2.18. The van der Waals surface area contributed by atoms with Crippen LogP contribution in [0.1, 0.15) is 21.4 Å². The minimum atomic E-state index is -2.54. The number of nitrogens with zero attached hydrogens (tertiary/aromatic N) is 2. The van der Waals surface area contributed by atoms with Gasteiger partial charge in [-0.1, -0.05) is 12.1 Å². The van der Waals surface area contributed by atoms with Gasteiger partial charge in [-0.2, -0.15) is 0 Å². The lowest BCUT2D eigenvalue weighted by atomic mass is 10.0. The normalized spacial score (nSPS) is 37.2. The van der Waals surface area contributed by atoms with Crippen LogP contribution in [0.15, 0.2) is 24.3 Å². The Kier molecular flexibility index (Phi) is 1.53. The molecule has 0 bridgehead atoms. The van der Waals surface area contributed by atoms with E-state index in [1.807, 2.05) is 0 Å². The molecule has 2 amide bonds. The van der Waals surface area contributed by atoms with Crippen molar-refractivity contribution in [3.8, 4) is 0 Å². The largest absolute Gasteiger partial charge is 0.363 e. The molecule has 1 N–H and O–H groups in total. The Morgan fingerprint density at radius 2 is 2.22 bits per heavy atom. The van der Waals surface area contributed by atoms with E-state index in [0.717, 1.165) is 9.80 Å². The number of carbonyl (C=O) groups is 2. The number of amides is 2. The Bertz CT molecular complexity index is 683. The lowest BCUT2D eigenvalue weighted by Gasteiger charge is -2.46. The van der Waals surface area contributed by atoms with Crippen molar-refractivity contribution in [3.63, 3.8) is 0 Å². The number of piperazine rings is 1. The van der Waals surface area contributed by atoms with Crippen LogP contribution >= 0.6 is 0 Å². The second-order valence-corrected chi connectivity index (χ2v) is 4.31. The van der Waals surface area contributed by atoms with Crippen molar-refractivity contribution < 1.29 is 15.1 Å². The summed E-state index contributed by atoms with van der Waals surface area (Å²) in [5, 5.41) is 0.670. The fourth-order valence-corrected chi connectivity index (χ4v) is 2.18. The summed E-state index contributed by atoms with van der Waals surface area (Å²) in [6.45, 7) is -1.10. The van der Waals surface area contributed by atoms with E-state index in [9.17, 15) is 9.59 Å². The summed E-state index contributed by atoms with van der Waals surface area (Å²) in [4.78, 5) is 26.6. The van der Waals surface area contributed by atoms with Gasteiger partial charge in [-0.05, 0) is 19.1 Å². The van der Waals surface area contributed by atoms with Gasteiger partial charge in [0.25, 0.3) is 5.91 Å². The van der Waals surface area contributed by atoms with Gasteiger partial charge in [0.2, 0.25) is 5.91 Å². The smallest absolute Gasteiger partial charge is 0.258 e. The Morgan fingerprint density at radius 3 is 3.00 bits per heavy atom. The van der Waals surface area contributed by atoms with Crippen molar-refractivity contribution in [2.75, 3.05) is 18.9 Å². The topological polar surface area (TPSA) is 52.7 Å². The molecule has 2 heterocycles. The van der Waals surface area contributed by atoms with Crippen LogP contribution in [0.25, 0.3) is 0 Å². The minimum Gasteiger partial charge on any atom is -0.363 e. The van der Waals surface area contributed by atoms with Crippen LogP contribution < -0.4 is 5.31 Å². The van der Waals surface area contributed by atoms with Crippen LogP contribution in [-0.2, 0) is 4.79 Å². The van der Waals surface area contributed by atoms with Crippen LogP contribution in [-0.4, -0.2) is 47.3 Å². The summed E-state index contributed by atoms with van der Waals surface area (Å²) >= 11 is 0. The maximum atomic E-state index is 12.7. The van der Waals surface area contributed by atoms with Crippen molar-refractivity contribution in [2.24, 2.45) is 0 Å². The molecule has 2 aliphatic rings. The summed E-state index contributed by atoms with van der Waals surface area (Å²) in [6, 6.07) is 5.21.